The van der Waals surface area contributed by atoms with Gasteiger partial charge in [-0.1, -0.05) is 0 Å². The Morgan fingerprint density at radius 2 is 2.24 bits per heavy atom. The highest BCUT2D eigenvalue weighted by Crippen LogP contribution is 2.43. The van der Waals surface area contributed by atoms with Gasteiger partial charge in [0.2, 0.25) is 0 Å². The van der Waals surface area contributed by atoms with Crippen LogP contribution in [0.3, 0.4) is 0 Å². The lowest BCUT2D eigenvalue weighted by Gasteiger charge is -2.40. The average molecular weight is 242 g/mol. The maximum absolute atomic E-state index is 12.2. The van der Waals surface area contributed by atoms with Gasteiger partial charge in [0.05, 0.1) is 13.3 Å². The Morgan fingerprint density at radius 1 is 1.41 bits per heavy atom. The highest BCUT2D eigenvalue weighted by atomic mass is 18.2. The molecule has 2 bridgehead atoms. The second-order valence-electron chi connectivity index (χ2n) is 5.26. The van der Waals surface area contributed by atoms with Crippen LogP contribution in [-0.4, -0.2) is 42.8 Å². The van der Waals surface area contributed by atoms with Crippen molar-refractivity contribution < 1.29 is 13.9 Å². The number of likely N-dealkylation sites (N-methyl/N-ethyl adjacent to an activating group) is 1. The van der Waals surface area contributed by atoms with E-state index in [0.717, 1.165) is 25.7 Å². The number of unbranched alkanes of at least 4 members (excludes halogenated alkanes) is 1. The monoisotopic (exact) mass is 242 g/mol. The van der Waals surface area contributed by atoms with E-state index in [0.29, 0.717) is 25.5 Å². The lowest BCUT2D eigenvalue weighted by atomic mass is 9.89. The van der Waals surface area contributed by atoms with Crippen molar-refractivity contribution in [3.8, 4) is 0 Å². The summed E-state index contributed by atoms with van der Waals surface area (Å²) >= 11 is 0. The van der Waals surface area contributed by atoms with E-state index in [1.807, 2.05) is 7.05 Å². The highest BCUT2D eigenvalue weighted by Gasteiger charge is 2.52. The van der Waals surface area contributed by atoms with Crippen molar-refractivity contribution in [2.75, 3.05) is 20.3 Å². The molecule has 0 amide bonds. The fourth-order valence-electron chi connectivity index (χ4n) is 3.24. The van der Waals surface area contributed by atoms with Gasteiger partial charge >= 0.3 is 5.97 Å². The molecule has 2 atom stereocenters. The number of carbonyl (C=O) groups excluding carboxylic acids is 1. The van der Waals surface area contributed by atoms with E-state index in [4.69, 9.17) is 4.74 Å². The van der Waals surface area contributed by atoms with Gasteiger partial charge in [0.15, 0.2) is 0 Å². The molecule has 0 aromatic rings. The minimum Gasteiger partial charge on any atom is -0.464 e. The molecule has 17 heavy (non-hydrogen) atoms. The first kappa shape index (κ1) is 12.8. The number of carbonyl (C=O) groups is 1. The molecule has 0 unspecified atom stereocenters. The molecule has 2 aliphatic rings. The van der Waals surface area contributed by atoms with Crippen LogP contribution in [0, 0.1) is 0 Å². The zero-order chi connectivity index (χ0) is 12.3. The standard InChI is InChI=1S/C13H22FNO2/c1-15-11-5-4-7-13(15,8-6-11)12(16)17-10-3-2-9-14/h11H,2-10H2,1H3/t11-,13+/m1/s1/i14-1. The van der Waals surface area contributed by atoms with Gasteiger partial charge in [-0.25, -0.2) is 0 Å². The van der Waals surface area contributed by atoms with Crippen LogP contribution in [0.2, 0.25) is 0 Å². The average Bonchev–Trinajstić information content (AvgIpc) is 2.55. The lowest BCUT2D eigenvalue weighted by molar-refractivity contribution is -0.158. The van der Waals surface area contributed by atoms with E-state index < -0.39 is 0 Å². The topological polar surface area (TPSA) is 29.5 Å². The van der Waals surface area contributed by atoms with Gasteiger partial charge in [-0.3, -0.25) is 14.1 Å². The van der Waals surface area contributed by atoms with Crippen molar-refractivity contribution in [3.05, 3.63) is 0 Å². The molecule has 4 heteroatoms. The number of hydrogen-bond acceptors (Lipinski definition) is 3. The van der Waals surface area contributed by atoms with E-state index in [1.54, 1.807) is 0 Å². The number of alkyl halides is 1. The second kappa shape index (κ2) is 5.34. The van der Waals surface area contributed by atoms with Gasteiger partial charge < -0.3 is 4.74 Å². The van der Waals surface area contributed by atoms with E-state index in [-0.39, 0.29) is 18.2 Å². The minimum atomic E-state index is -0.362. The van der Waals surface area contributed by atoms with Crippen molar-refractivity contribution in [1.82, 2.24) is 4.90 Å². The van der Waals surface area contributed by atoms with Gasteiger partial charge in [0.1, 0.15) is 5.54 Å². The van der Waals surface area contributed by atoms with Gasteiger partial charge in [0, 0.05) is 6.04 Å². The third-order valence-corrected chi connectivity index (χ3v) is 4.38. The molecule has 98 valence electrons. The van der Waals surface area contributed by atoms with Gasteiger partial charge in [-0.15, -0.1) is 0 Å². The Hall–Kier alpha value is -0.640. The number of fused-ring (bicyclic) bond motifs is 2. The Morgan fingerprint density at radius 3 is 3.00 bits per heavy atom. The second-order valence-corrected chi connectivity index (χ2v) is 5.26. The number of halogens is 1. The Bertz CT molecular complexity index is 281. The van der Waals surface area contributed by atoms with E-state index in [9.17, 15) is 9.18 Å². The number of esters is 1. The molecule has 0 N–H and O–H groups in total. The van der Waals surface area contributed by atoms with Crippen molar-refractivity contribution in [2.24, 2.45) is 0 Å². The third-order valence-electron chi connectivity index (χ3n) is 4.38. The van der Waals surface area contributed by atoms with Crippen molar-refractivity contribution >= 4 is 5.97 Å². The fourth-order valence-corrected chi connectivity index (χ4v) is 3.24. The molecule has 3 nitrogen and oxygen atoms in total. The maximum atomic E-state index is 12.2. The van der Waals surface area contributed by atoms with Crippen LogP contribution in [0.4, 0.5) is 4.39 Å². The van der Waals surface area contributed by atoms with E-state index in [1.165, 1.54) is 6.42 Å². The summed E-state index contributed by atoms with van der Waals surface area (Å²) in [7, 11) is 2.04. The first-order valence-corrected chi connectivity index (χ1v) is 6.67. The van der Waals surface area contributed by atoms with Gasteiger partial charge in [-0.2, -0.15) is 0 Å². The first-order chi connectivity index (χ1) is 8.20. The van der Waals surface area contributed by atoms with Crippen molar-refractivity contribution in [2.45, 2.75) is 56.5 Å². The molecule has 2 saturated heterocycles. The van der Waals surface area contributed by atoms with Crippen LogP contribution in [0.1, 0.15) is 44.9 Å². The number of piperidine rings is 1. The number of hydrogen-bond donors (Lipinski definition) is 0. The predicted octanol–water partition coefficient (Wildman–Crippen LogP) is 2.30. The molecule has 0 spiro atoms. The SMILES string of the molecule is CN1[C@@H]2CCC[C@@]1(C(=O)OCCCC[18F])CC2. The summed E-state index contributed by atoms with van der Waals surface area (Å²) < 4.78 is 17.3. The number of ether oxygens (including phenoxy) is 1. The largest absolute Gasteiger partial charge is 0.464 e. The summed E-state index contributed by atoms with van der Waals surface area (Å²) in [5.41, 5.74) is -0.362. The van der Waals surface area contributed by atoms with Crippen molar-refractivity contribution in [3.63, 3.8) is 0 Å². The lowest BCUT2D eigenvalue weighted by Crippen LogP contribution is -2.54. The molecule has 2 rings (SSSR count). The summed E-state index contributed by atoms with van der Waals surface area (Å²) in [4.78, 5) is 14.4. The van der Waals surface area contributed by atoms with Crippen LogP contribution in [0.5, 0.6) is 0 Å². The van der Waals surface area contributed by atoms with Gasteiger partial charge in [0.25, 0.3) is 0 Å². The Kier molecular flexibility index (Phi) is 4.02. The smallest absolute Gasteiger partial charge is 0.326 e. The molecule has 0 aromatic carbocycles. The zero-order valence-electron chi connectivity index (χ0n) is 10.6. The Labute approximate surface area is 102 Å². The number of nitrogens with zero attached hydrogens (tertiary/aromatic N) is 1. The molecule has 2 aliphatic heterocycles. The van der Waals surface area contributed by atoms with Gasteiger partial charge in [-0.05, 0) is 52.0 Å². The summed E-state index contributed by atoms with van der Waals surface area (Å²) in [5.74, 6) is -0.0824. The van der Waals surface area contributed by atoms with Crippen molar-refractivity contribution in [1.29, 1.82) is 0 Å². The molecular weight excluding hydrogens is 220 g/mol. The summed E-state index contributed by atoms with van der Waals surface area (Å²) in [5, 5.41) is 0. The molecular formula is C13H22FNO2. The van der Waals surface area contributed by atoms with Crippen LogP contribution in [0.15, 0.2) is 0 Å². The number of rotatable bonds is 5. The highest BCUT2D eigenvalue weighted by molar-refractivity contribution is 5.81. The minimum absolute atomic E-state index is 0.0824. The molecule has 0 aliphatic carbocycles. The predicted molar refractivity (Wildman–Crippen MR) is 63.5 cm³/mol. The van der Waals surface area contributed by atoms with Crippen LogP contribution in [0.25, 0.3) is 0 Å². The summed E-state index contributed by atoms with van der Waals surface area (Å²) in [6, 6.07) is 0.558. The maximum Gasteiger partial charge on any atom is 0.326 e. The fraction of sp³-hybridized carbons (Fsp3) is 0.923. The van der Waals surface area contributed by atoms with Crippen LogP contribution >= 0.6 is 0 Å². The molecule has 0 saturated carbocycles. The first-order valence-electron chi connectivity index (χ1n) is 6.67. The molecule has 0 aromatic heterocycles. The molecule has 0 radical (unpaired) electrons. The van der Waals surface area contributed by atoms with E-state index >= 15 is 0 Å². The summed E-state index contributed by atoms with van der Waals surface area (Å²) in [6.45, 7) is 0.0354. The van der Waals surface area contributed by atoms with Crippen LogP contribution in [-0.2, 0) is 9.53 Å². The zero-order valence-corrected chi connectivity index (χ0v) is 10.6. The van der Waals surface area contributed by atoms with E-state index in [2.05, 4.69) is 4.90 Å². The normalized spacial score (nSPS) is 32.7. The molecule has 2 fully saturated rings. The molecule has 2 heterocycles. The Balaban J connectivity index is 1.89. The summed E-state index contributed by atoms with van der Waals surface area (Å²) in [6.07, 6.45) is 6.39. The quantitative estimate of drug-likeness (QED) is 0.547. The van der Waals surface area contributed by atoms with Crippen LogP contribution < -0.4 is 0 Å². The third kappa shape index (κ3) is 2.32.